The lowest BCUT2D eigenvalue weighted by atomic mass is 10.2. The number of hydrogen-bond donors (Lipinski definition) is 1. The monoisotopic (exact) mass is 310 g/mol. The summed E-state index contributed by atoms with van der Waals surface area (Å²) >= 11 is 6.02. The van der Waals surface area contributed by atoms with Crippen LogP contribution in [0.25, 0.3) is 0 Å². The van der Waals surface area contributed by atoms with Crippen molar-refractivity contribution in [3.05, 3.63) is 63.2 Å². The van der Waals surface area contributed by atoms with Crippen molar-refractivity contribution in [1.29, 1.82) is 0 Å². The van der Waals surface area contributed by atoms with Gasteiger partial charge in [0.05, 0.1) is 21.5 Å². The molecule has 0 bridgehead atoms. The molecule has 0 aliphatic carbocycles. The highest BCUT2D eigenvalue weighted by molar-refractivity contribution is 7.84. The molecule has 7 heteroatoms. The van der Waals surface area contributed by atoms with Crippen molar-refractivity contribution in [2.24, 2.45) is 0 Å². The second-order valence-electron chi connectivity index (χ2n) is 4.02. The third-order valence-corrected chi connectivity index (χ3v) is 4.48. The molecule has 1 atom stereocenters. The van der Waals surface area contributed by atoms with Crippen LogP contribution in [0.2, 0.25) is 5.02 Å². The summed E-state index contributed by atoms with van der Waals surface area (Å²) in [6.07, 6.45) is 0. The topological polar surface area (TPSA) is 86.2 Å². The van der Waals surface area contributed by atoms with Crippen molar-refractivity contribution in [3.8, 4) is 0 Å². The molecular weight excluding hydrogens is 300 g/mol. The average molecular weight is 311 g/mol. The van der Waals surface area contributed by atoms with Gasteiger partial charge in [-0.1, -0.05) is 29.8 Å². The van der Waals surface area contributed by atoms with Gasteiger partial charge in [0, 0.05) is 22.3 Å². The summed E-state index contributed by atoms with van der Waals surface area (Å²) in [6.45, 7) is 0. The van der Waals surface area contributed by atoms with E-state index in [1.54, 1.807) is 24.3 Å². The lowest BCUT2D eigenvalue weighted by Gasteiger charge is -2.08. The first-order valence-corrected chi connectivity index (χ1v) is 7.35. The van der Waals surface area contributed by atoms with Gasteiger partial charge in [0.1, 0.15) is 4.90 Å². The number of anilines is 1. The van der Waals surface area contributed by atoms with E-state index in [0.29, 0.717) is 16.3 Å². The SMILES string of the molecule is Nc1cccc(Cl)c1CS(=O)c1ccccc1[N+](=O)[O-]. The Hall–Kier alpha value is -1.92. The molecule has 0 amide bonds. The molecule has 0 spiro atoms. The molecule has 2 aromatic rings. The number of nitrogens with two attached hydrogens (primary N) is 1. The molecule has 0 aliphatic rings. The molecule has 5 nitrogen and oxygen atoms in total. The van der Waals surface area contributed by atoms with E-state index in [2.05, 4.69) is 0 Å². The van der Waals surface area contributed by atoms with E-state index in [1.807, 2.05) is 0 Å². The summed E-state index contributed by atoms with van der Waals surface area (Å²) in [7, 11) is -1.59. The van der Waals surface area contributed by atoms with Gasteiger partial charge in [0.25, 0.3) is 5.69 Å². The molecule has 0 aliphatic heterocycles. The predicted octanol–water partition coefficient (Wildman–Crippen LogP) is 3.14. The molecule has 2 N–H and O–H groups in total. The van der Waals surface area contributed by atoms with Gasteiger partial charge in [-0.2, -0.15) is 0 Å². The van der Waals surface area contributed by atoms with Crippen LogP contribution >= 0.6 is 11.6 Å². The van der Waals surface area contributed by atoms with Crippen molar-refractivity contribution in [2.45, 2.75) is 10.6 Å². The van der Waals surface area contributed by atoms with E-state index in [0.717, 1.165) is 0 Å². The maximum Gasteiger partial charge on any atom is 0.285 e. The lowest BCUT2D eigenvalue weighted by molar-refractivity contribution is -0.387. The molecule has 0 heterocycles. The van der Waals surface area contributed by atoms with Crippen LogP contribution in [0.5, 0.6) is 0 Å². The fourth-order valence-corrected chi connectivity index (χ4v) is 3.41. The Balaban J connectivity index is 2.36. The van der Waals surface area contributed by atoms with Gasteiger partial charge in [-0.15, -0.1) is 0 Å². The van der Waals surface area contributed by atoms with E-state index in [-0.39, 0.29) is 16.3 Å². The van der Waals surface area contributed by atoms with Gasteiger partial charge in [-0.25, -0.2) is 0 Å². The molecule has 2 rings (SSSR count). The molecule has 0 radical (unpaired) electrons. The van der Waals surface area contributed by atoms with Crippen LogP contribution in [0.4, 0.5) is 11.4 Å². The van der Waals surface area contributed by atoms with Gasteiger partial charge in [0.2, 0.25) is 0 Å². The summed E-state index contributed by atoms with van der Waals surface area (Å²) in [5.74, 6) is 0.0381. The Kier molecular flexibility index (Phi) is 4.36. The third kappa shape index (κ3) is 2.97. The van der Waals surface area contributed by atoms with Crippen LogP contribution in [0.15, 0.2) is 47.4 Å². The first-order chi connectivity index (χ1) is 9.50. The van der Waals surface area contributed by atoms with E-state index >= 15 is 0 Å². The van der Waals surface area contributed by atoms with E-state index in [1.165, 1.54) is 18.2 Å². The van der Waals surface area contributed by atoms with E-state index < -0.39 is 15.7 Å². The Bertz CT molecular complexity index is 671. The molecule has 0 aromatic heterocycles. The first-order valence-electron chi connectivity index (χ1n) is 5.65. The predicted molar refractivity (Wildman–Crippen MR) is 79.1 cm³/mol. The van der Waals surface area contributed by atoms with E-state index in [9.17, 15) is 14.3 Å². The third-order valence-electron chi connectivity index (χ3n) is 2.74. The van der Waals surface area contributed by atoms with Crippen LogP contribution in [0.1, 0.15) is 5.56 Å². The molecule has 0 saturated heterocycles. The molecule has 20 heavy (non-hydrogen) atoms. The number of nitrogens with zero attached hydrogens (tertiary/aromatic N) is 1. The Morgan fingerprint density at radius 2 is 1.90 bits per heavy atom. The molecule has 104 valence electrons. The fourth-order valence-electron chi connectivity index (χ4n) is 1.74. The summed E-state index contributed by atoms with van der Waals surface area (Å²) in [5, 5.41) is 11.3. The van der Waals surface area contributed by atoms with Crippen molar-refractivity contribution in [2.75, 3.05) is 5.73 Å². The lowest BCUT2D eigenvalue weighted by Crippen LogP contribution is -2.03. The van der Waals surface area contributed by atoms with Gasteiger partial charge < -0.3 is 5.73 Å². The number of benzene rings is 2. The minimum atomic E-state index is -1.59. The maximum absolute atomic E-state index is 12.3. The van der Waals surface area contributed by atoms with E-state index in [4.69, 9.17) is 17.3 Å². The summed E-state index contributed by atoms with van der Waals surface area (Å²) in [4.78, 5) is 10.5. The van der Waals surface area contributed by atoms with Crippen molar-refractivity contribution < 1.29 is 9.13 Å². The number of nitrogen functional groups attached to an aromatic ring is 1. The zero-order valence-corrected chi connectivity index (χ0v) is 11.9. The van der Waals surface area contributed by atoms with Crippen LogP contribution in [-0.4, -0.2) is 9.13 Å². The van der Waals surface area contributed by atoms with Gasteiger partial charge in [-0.3, -0.25) is 14.3 Å². The largest absolute Gasteiger partial charge is 0.398 e. The molecule has 2 aromatic carbocycles. The highest BCUT2D eigenvalue weighted by atomic mass is 35.5. The minimum absolute atomic E-state index is 0.0381. The highest BCUT2D eigenvalue weighted by Gasteiger charge is 2.19. The average Bonchev–Trinajstić information content (AvgIpc) is 2.43. The van der Waals surface area contributed by atoms with Crippen LogP contribution in [0, 0.1) is 10.1 Å². The molecule has 0 saturated carbocycles. The number of para-hydroxylation sites is 1. The molecule has 1 unspecified atom stereocenters. The number of nitro benzene ring substituents is 1. The normalized spacial score (nSPS) is 12.1. The Morgan fingerprint density at radius 1 is 1.20 bits per heavy atom. The molecule has 0 fully saturated rings. The quantitative estimate of drug-likeness (QED) is 0.534. The summed E-state index contributed by atoms with van der Waals surface area (Å²) in [5.41, 5.74) is 6.58. The number of hydrogen-bond acceptors (Lipinski definition) is 4. The minimum Gasteiger partial charge on any atom is -0.398 e. The fraction of sp³-hybridized carbons (Fsp3) is 0.0769. The van der Waals surface area contributed by atoms with Gasteiger partial charge in [0.15, 0.2) is 0 Å². The summed E-state index contributed by atoms with van der Waals surface area (Å²) < 4.78 is 12.3. The van der Waals surface area contributed by atoms with Crippen molar-refractivity contribution >= 4 is 33.8 Å². The Morgan fingerprint density at radius 3 is 2.55 bits per heavy atom. The number of rotatable bonds is 4. The van der Waals surface area contributed by atoms with Crippen LogP contribution < -0.4 is 5.73 Å². The van der Waals surface area contributed by atoms with Gasteiger partial charge >= 0.3 is 0 Å². The standard InChI is InChI=1S/C13H11ClN2O3S/c14-10-4-3-5-11(15)9(10)8-20(19)13-7-2-1-6-12(13)16(17)18/h1-7H,8,15H2. The second-order valence-corrected chi connectivity index (χ2v) is 5.85. The zero-order chi connectivity index (χ0) is 14.7. The van der Waals surface area contributed by atoms with Crippen molar-refractivity contribution in [3.63, 3.8) is 0 Å². The van der Waals surface area contributed by atoms with Crippen LogP contribution in [0.3, 0.4) is 0 Å². The number of nitro groups is 1. The van der Waals surface area contributed by atoms with Crippen molar-refractivity contribution in [1.82, 2.24) is 0 Å². The Labute approximate surface area is 123 Å². The summed E-state index contributed by atoms with van der Waals surface area (Å²) in [6, 6.07) is 10.9. The molecular formula is C13H11ClN2O3S. The smallest absolute Gasteiger partial charge is 0.285 e. The van der Waals surface area contributed by atoms with Crippen LogP contribution in [-0.2, 0) is 16.6 Å². The van der Waals surface area contributed by atoms with Gasteiger partial charge in [-0.05, 0) is 18.2 Å². The highest BCUT2D eigenvalue weighted by Crippen LogP contribution is 2.28. The first kappa shape index (κ1) is 14.5. The second kappa shape index (κ2) is 6.02. The maximum atomic E-state index is 12.3. The zero-order valence-electron chi connectivity index (χ0n) is 10.3. The number of halogens is 1.